The number of benzene rings is 1. The third kappa shape index (κ3) is 4.69. The van der Waals surface area contributed by atoms with E-state index in [0.717, 1.165) is 5.57 Å². The Morgan fingerprint density at radius 3 is 2.61 bits per heavy atom. The summed E-state index contributed by atoms with van der Waals surface area (Å²) in [5.41, 5.74) is -0.190. The molecule has 2 rings (SSSR count). The molecule has 1 aliphatic carbocycles. The number of para-hydroxylation sites is 1. The molecular formula is C19H20O4. The Kier molecular flexibility index (Phi) is 5.55. The molecule has 1 atom stereocenters. The summed E-state index contributed by atoms with van der Waals surface area (Å²) in [6, 6.07) is 8.80. The molecule has 0 amide bonds. The zero-order valence-electron chi connectivity index (χ0n) is 13.2. The Hall–Kier alpha value is -2.59. The third-order valence-corrected chi connectivity index (χ3v) is 3.36. The number of ether oxygens (including phenoxy) is 2. The van der Waals surface area contributed by atoms with Crippen molar-refractivity contribution in [1.29, 1.82) is 0 Å². The molecular weight excluding hydrogens is 292 g/mol. The van der Waals surface area contributed by atoms with Gasteiger partial charge in [-0.1, -0.05) is 42.5 Å². The van der Waals surface area contributed by atoms with Crippen LogP contribution < -0.4 is 4.74 Å². The maximum absolute atomic E-state index is 12.1. The molecule has 0 saturated heterocycles. The summed E-state index contributed by atoms with van der Waals surface area (Å²) >= 11 is 0. The van der Waals surface area contributed by atoms with Gasteiger partial charge in [-0.25, -0.2) is 4.79 Å². The van der Waals surface area contributed by atoms with Gasteiger partial charge < -0.3 is 14.6 Å². The zero-order chi connectivity index (χ0) is 16.7. The topological polar surface area (TPSA) is 55.8 Å². The molecule has 0 aromatic heterocycles. The molecule has 23 heavy (non-hydrogen) atoms. The predicted octanol–water partition coefficient (Wildman–Crippen LogP) is 3.32. The van der Waals surface area contributed by atoms with E-state index < -0.39 is 11.6 Å². The van der Waals surface area contributed by atoms with Crippen LogP contribution >= 0.6 is 0 Å². The SMILES string of the molecule is C/C=C/C1(O)C=CC(/C=C(/OC)C(=O)Oc2ccccc2)=CC1. The lowest BCUT2D eigenvalue weighted by atomic mass is 9.91. The summed E-state index contributed by atoms with van der Waals surface area (Å²) in [5, 5.41) is 10.2. The van der Waals surface area contributed by atoms with E-state index >= 15 is 0 Å². The lowest BCUT2D eigenvalue weighted by Crippen LogP contribution is -2.23. The van der Waals surface area contributed by atoms with Crippen molar-refractivity contribution in [2.75, 3.05) is 7.11 Å². The van der Waals surface area contributed by atoms with Crippen LogP contribution in [-0.2, 0) is 9.53 Å². The fourth-order valence-electron chi connectivity index (χ4n) is 2.18. The second-order valence-corrected chi connectivity index (χ2v) is 5.15. The average Bonchev–Trinajstić information content (AvgIpc) is 2.55. The zero-order valence-corrected chi connectivity index (χ0v) is 13.2. The molecule has 1 aliphatic rings. The molecule has 1 aromatic rings. The molecule has 1 N–H and O–H groups in total. The van der Waals surface area contributed by atoms with E-state index in [1.54, 1.807) is 54.6 Å². The molecule has 120 valence electrons. The molecule has 0 spiro atoms. The van der Waals surface area contributed by atoms with Gasteiger partial charge in [-0.3, -0.25) is 0 Å². The van der Waals surface area contributed by atoms with Crippen molar-refractivity contribution in [3.05, 3.63) is 78.1 Å². The van der Waals surface area contributed by atoms with Gasteiger partial charge in [-0.15, -0.1) is 0 Å². The molecule has 0 heterocycles. The van der Waals surface area contributed by atoms with Crippen molar-refractivity contribution in [2.24, 2.45) is 0 Å². The second-order valence-electron chi connectivity index (χ2n) is 5.15. The Balaban J connectivity index is 2.09. The van der Waals surface area contributed by atoms with Gasteiger partial charge in [-0.2, -0.15) is 0 Å². The van der Waals surface area contributed by atoms with Crippen LogP contribution in [0.15, 0.2) is 78.1 Å². The van der Waals surface area contributed by atoms with Crippen LogP contribution in [0.5, 0.6) is 5.75 Å². The number of methoxy groups -OCH3 is 1. The van der Waals surface area contributed by atoms with Crippen LogP contribution in [0.4, 0.5) is 0 Å². The molecule has 4 nitrogen and oxygen atoms in total. The smallest absolute Gasteiger partial charge is 0.378 e. The summed E-state index contributed by atoms with van der Waals surface area (Å²) in [4.78, 5) is 12.1. The minimum atomic E-state index is -0.968. The monoisotopic (exact) mass is 312 g/mol. The highest BCUT2D eigenvalue weighted by molar-refractivity contribution is 5.88. The van der Waals surface area contributed by atoms with Crippen molar-refractivity contribution in [3.63, 3.8) is 0 Å². The summed E-state index contributed by atoms with van der Waals surface area (Å²) < 4.78 is 10.4. The fraction of sp³-hybridized carbons (Fsp3) is 0.211. The standard InChI is InChI=1S/C19H20O4/c1-3-11-19(21)12-9-15(10-13-19)14-17(22-2)18(20)23-16-7-5-4-6-8-16/h3-12,14,21H,13H2,1-2H3/b11-3+,17-14+. The van der Waals surface area contributed by atoms with Crippen LogP contribution in [0, 0.1) is 0 Å². The van der Waals surface area contributed by atoms with Crippen molar-refractivity contribution >= 4 is 5.97 Å². The summed E-state index contributed by atoms with van der Waals surface area (Å²) in [5.74, 6) is -0.0143. The largest absolute Gasteiger partial charge is 0.490 e. The van der Waals surface area contributed by atoms with Crippen LogP contribution in [0.3, 0.4) is 0 Å². The fourth-order valence-corrected chi connectivity index (χ4v) is 2.18. The second kappa shape index (κ2) is 7.61. The highest BCUT2D eigenvalue weighted by atomic mass is 16.6. The Morgan fingerprint density at radius 2 is 2.04 bits per heavy atom. The van der Waals surface area contributed by atoms with E-state index in [1.807, 2.05) is 19.1 Å². The van der Waals surface area contributed by atoms with Gasteiger partial charge in [0.1, 0.15) is 11.4 Å². The number of carbonyl (C=O) groups is 1. The van der Waals surface area contributed by atoms with E-state index in [0.29, 0.717) is 12.2 Å². The molecule has 0 fully saturated rings. The molecule has 4 heteroatoms. The number of allylic oxidation sites excluding steroid dienone is 4. The number of hydrogen-bond donors (Lipinski definition) is 1. The Labute approximate surface area is 136 Å². The molecule has 0 bridgehead atoms. The molecule has 0 saturated carbocycles. The van der Waals surface area contributed by atoms with E-state index in [4.69, 9.17) is 9.47 Å². The van der Waals surface area contributed by atoms with Crippen molar-refractivity contribution in [2.45, 2.75) is 18.9 Å². The lowest BCUT2D eigenvalue weighted by molar-refractivity contribution is -0.133. The van der Waals surface area contributed by atoms with Crippen molar-refractivity contribution in [1.82, 2.24) is 0 Å². The van der Waals surface area contributed by atoms with Gasteiger partial charge in [0, 0.05) is 6.42 Å². The molecule has 0 radical (unpaired) electrons. The number of rotatable bonds is 5. The van der Waals surface area contributed by atoms with Gasteiger partial charge >= 0.3 is 5.97 Å². The van der Waals surface area contributed by atoms with Gasteiger partial charge in [0.15, 0.2) is 0 Å². The highest BCUT2D eigenvalue weighted by Gasteiger charge is 2.21. The van der Waals surface area contributed by atoms with Crippen LogP contribution in [0.2, 0.25) is 0 Å². The first-order valence-electron chi connectivity index (χ1n) is 7.35. The average molecular weight is 312 g/mol. The summed E-state index contributed by atoms with van der Waals surface area (Å²) in [7, 11) is 1.42. The van der Waals surface area contributed by atoms with Crippen molar-refractivity contribution < 1.29 is 19.4 Å². The van der Waals surface area contributed by atoms with Gasteiger partial charge in [0.2, 0.25) is 5.76 Å². The third-order valence-electron chi connectivity index (χ3n) is 3.36. The first kappa shape index (κ1) is 16.8. The number of carbonyl (C=O) groups excluding carboxylic acids is 1. The van der Waals surface area contributed by atoms with Crippen LogP contribution in [0.1, 0.15) is 13.3 Å². The number of hydrogen-bond acceptors (Lipinski definition) is 4. The molecule has 1 unspecified atom stereocenters. The minimum absolute atomic E-state index is 0.0984. The van der Waals surface area contributed by atoms with E-state index in [1.165, 1.54) is 7.11 Å². The highest BCUT2D eigenvalue weighted by Crippen LogP contribution is 2.24. The maximum atomic E-state index is 12.1. The molecule has 0 aliphatic heterocycles. The lowest BCUT2D eigenvalue weighted by Gasteiger charge is -2.22. The van der Waals surface area contributed by atoms with Gasteiger partial charge in [-0.05, 0) is 36.8 Å². The molecule has 1 aromatic carbocycles. The normalized spacial score (nSPS) is 21.2. The van der Waals surface area contributed by atoms with Gasteiger partial charge in [0.25, 0.3) is 0 Å². The number of esters is 1. The van der Waals surface area contributed by atoms with Crippen molar-refractivity contribution in [3.8, 4) is 5.75 Å². The Bertz CT molecular complexity index is 668. The van der Waals surface area contributed by atoms with E-state index in [-0.39, 0.29) is 5.76 Å². The maximum Gasteiger partial charge on any atom is 0.378 e. The van der Waals surface area contributed by atoms with Gasteiger partial charge in [0.05, 0.1) is 7.11 Å². The Morgan fingerprint density at radius 1 is 1.30 bits per heavy atom. The van der Waals surface area contributed by atoms with Crippen LogP contribution in [-0.4, -0.2) is 23.8 Å². The van der Waals surface area contributed by atoms with Crippen LogP contribution in [0.25, 0.3) is 0 Å². The minimum Gasteiger partial charge on any atom is -0.490 e. The van der Waals surface area contributed by atoms with E-state index in [2.05, 4.69) is 0 Å². The van der Waals surface area contributed by atoms with E-state index in [9.17, 15) is 9.90 Å². The summed E-state index contributed by atoms with van der Waals surface area (Å²) in [6.07, 6.45) is 10.8. The first-order valence-corrected chi connectivity index (χ1v) is 7.35. The number of aliphatic hydroxyl groups is 1. The first-order chi connectivity index (χ1) is 11.1. The predicted molar refractivity (Wildman–Crippen MR) is 88.8 cm³/mol. The quantitative estimate of drug-likeness (QED) is 0.298. The summed E-state index contributed by atoms with van der Waals surface area (Å²) in [6.45, 7) is 1.85.